The van der Waals surface area contributed by atoms with Crippen molar-refractivity contribution in [2.75, 3.05) is 0 Å². The molecule has 0 aliphatic rings. The first kappa shape index (κ1) is 38.7. The van der Waals surface area contributed by atoms with E-state index in [1.165, 1.54) is 96.3 Å². The number of carboxylic acid groups (broad SMARTS) is 3. The van der Waals surface area contributed by atoms with Crippen LogP contribution in [0, 0.1) is 0 Å². The van der Waals surface area contributed by atoms with Crippen molar-refractivity contribution in [1.29, 1.82) is 0 Å². The molecule has 0 saturated carbocycles. The van der Waals surface area contributed by atoms with Gasteiger partial charge in [-0.2, -0.15) is 0 Å². The molecule has 0 heterocycles. The van der Waals surface area contributed by atoms with Gasteiger partial charge in [-0.15, -0.1) is 0 Å². The van der Waals surface area contributed by atoms with Crippen LogP contribution >= 0.6 is 0 Å². The first-order valence-corrected chi connectivity index (χ1v) is 14.6. The smallest absolute Gasteiger partial charge is 0.303 e. The van der Waals surface area contributed by atoms with Crippen LogP contribution < -0.4 is 0 Å². The second-order valence-electron chi connectivity index (χ2n) is 9.43. The maximum absolute atomic E-state index is 10.3. The van der Waals surface area contributed by atoms with Crippen LogP contribution in [0.25, 0.3) is 0 Å². The lowest BCUT2D eigenvalue weighted by molar-refractivity contribution is -0.139. The summed E-state index contributed by atoms with van der Waals surface area (Å²) in [6.45, 7) is 6.72. The van der Waals surface area contributed by atoms with Gasteiger partial charge in [-0.3, -0.25) is 14.4 Å². The van der Waals surface area contributed by atoms with E-state index in [0.717, 1.165) is 12.8 Å². The molecular weight excluding hydrogens is 456 g/mol. The van der Waals surface area contributed by atoms with Gasteiger partial charge < -0.3 is 15.3 Å². The van der Waals surface area contributed by atoms with E-state index in [-0.39, 0.29) is 12.8 Å². The zero-order valence-electron chi connectivity index (χ0n) is 23.8. The van der Waals surface area contributed by atoms with Crippen molar-refractivity contribution in [1.82, 2.24) is 0 Å². The Morgan fingerprint density at radius 2 is 0.667 bits per heavy atom. The molecule has 0 rings (SSSR count). The molecule has 0 atom stereocenters. The normalized spacial score (nSPS) is 10.3. The Kier molecular flexibility index (Phi) is 37.9. The van der Waals surface area contributed by atoms with Gasteiger partial charge in [-0.05, 0) is 44.9 Å². The molecule has 0 fully saturated rings. The molecule has 0 saturated heterocycles. The molecule has 3 N–H and O–H groups in total. The van der Waals surface area contributed by atoms with Crippen molar-refractivity contribution in [3.05, 3.63) is 12.2 Å². The van der Waals surface area contributed by atoms with E-state index >= 15 is 0 Å². The van der Waals surface area contributed by atoms with Crippen molar-refractivity contribution in [3.8, 4) is 0 Å². The van der Waals surface area contributed by atoms with Crippen molar-refractivity contribution >= 4 is 17.9 Å². The van der Waals surface area contributed by atoms with Gasteiger partial charge in [0, 0.05) is 19.3 Å². The van der Waals surface area contributed by atoms with Crippen LogP contribution in [0.4, 0.5) is 0 Å². The molecule has 6 heteroatoms. The first-order chi connectivity index (χ1) is 17.3. The summed E-state index contributed by atoms with van der Waals surface area (Å²) < 4.78 is 0. The molecule has 0 aromatic heterocycles. The van der Waals surface area contributed by atoms with Crippen molar-refractivity contribution < 1.29 is 29.7 Å². The molecule has 0 radical (unpaired) electrons. The minimum Gasteiger partial charge on any atom is -0.481 e. The third kappa shape index (κ3) is 49.3. The van der Waals surface area contributed by atoms with Gasteiger partial charge in [0.15, 0.2) is 0 Å². The van der Waals surface area contributed by atoms with Gasteiger partial charge in [-0.25, -0.2) is 0 Å². The Hall–Kier alpha value is -1.85. The second kappa shape index (κ2) is 35.3. The van der Waals surface area contributed by atoms with Crippen LogP contribution in [0.1, 0.15) is 162 Å². The molecule has 0 aromatic rings. The SMILES string of the molecule is CCCCCC.CCCCCCCC/C=C\CCCCCCCC(=O)O.O=C(O)CCCCC(=O)O. The molecule has 0 amide bonds. The van der Waals surface area contributed by atoms with Crippen molar-refractivity contribution in [2.45, 2.75) is 162 Å². The summed E-state index contributed by atoms with van der Waals surface area (Å²) >= 11 is 0. The fourth-order valence-electron chi connectivity index (χ4n) is 3.40. The summed E-state index contributed by atoms with van der Waals surface area (Å²) in [6.07, 6.45) is 27.8. The molecule has 6 nitrogen and oxygen atoms in total. The number of hydrogen-bond donors (Lipinski definition) is 3. The summed E-state index contributed by atoms with van der Waals surface area (Å²) in [5.74, 6) is -2.40. The van der Waals surface area contributed by atoms with Gasteiger partial charge >= 0.3 is 17.9 Å². The van der Waals surface area contributed by atoms with E-state index in [9.17, 15) is 14.4 Å². The highest BCUT2D eigenvalue weighted by molar-refractivity contribution is 5.68. The van der Waals surface area contributed by atoms with Gasteiger partial charge in [0.1, 0.15) is 0 Å². The summed E-state index contributed by atoms with van der Waals surface area (Å²) in [6, 6.07) is 0. The molecule has 0 bridgehead atoms. The Morgan fingerprint density at radius 1 is 0.417 bits per heavy atom. The van der Waals surface area contributed by atoms with E-state index in [1.807, 2.05) is 0 Å². The van der Waals surface area contributed by atoms with Crippen molar-refractivity contribution in [3.63, 3.8) is 0 Å². The number of allylic oxidation sites excluding steroid dienone is 2. The van der Waals surface area contributed by atoms with E-state index in [1.54, 1.807) is 0 Å². The summed E-state index contributed by atoms with van der Waals surface area (Å²) in [7, 11) is 0. The van der Waals surface area contributed by atoms with E-state index in [0.29, 0.717) is 19.3 Å². The molecule has 0 aliphatic carbocycles. The maximum Gasteiger partial charge on any atom is 0.303 e. The fraction of sp³-hybridized carbons (Fsp3) is 0.833. The Balaban J connectivity index is -0.000000561. The van der Waals surface area contributed by atoms with Crippen LogP contribution in [0.5, 0.6) is 0 Å². The zero-order chi connectivity index (χ0) is 27.7. The quantitative estimate of drug-likeness (QED) is 0.0924. The zero-order valence-corrected chi connectivity index (χ0v) is 23.8. The number of unbranched alkanes of at least 4 members (excludes halogenated alkanes) is 15. The lowest BCUT2D eigenvalue weighted by Crippen LogP contribution is -1.97. The predicted molar refractivity (Wildman–Crippen MR) is 151 cm³/mol. The summed E-state index contributed by atoms with van der Waals surface area (Å²) in [4.78, 5) is 30.1. The number of hydrogen-bond acceptors (Lipinski definition) is 3. The largest absolute Gasteiger partial charge is 0.481 e. The number of aliphatic carboxylic acids is 3. The van der Waals surface area contributed by atoms with Gasteiger partial charge in [-0.1, -0.05) is 110 Å². The number of rotatable bonds is 23. The topological polar surface area (TPSA) is 112 Å². The molecular formula is C30H58O6. The Bertz CT molecular complexity index is 482. The Labute approximate surface area is 222 Å². The van der Waals surface area contributed by atoms with Gasteiger partial charge in [0.05, 0.1) is 0 Å². The molecule has 0 unspecified atom stereocenters. The van der Waals surface area contributed by atoms with Crippen LogP contribution in [-0.2, 0) is 14.4 Å². The van der Waals surface area contributed by atoms with Gasteiger partial charge in [0.2, 0.25) is 0 Å². The Morgan fingerprint density at radius 3 is 1.00 bits per heavy atom. The van der Waals surface area contributed by atoms with Crippen LogP contribution in [-0.4, -0.2) is 33.2 Å². The van der Waals surface area contributed by atoms with Crippen LogP contribution in [0.15, 0.2) is 12.2 Å². The standard InChI is InChI=1S/C18H34O2.C6H10O4.C6H14/c1-2-3-4-5-6-7-8-9-10-11-12-13-14-15-16-17-18(19)20;7-5(8)3-1-2-4-6(9)10;1-3-5-6-4-2/h9-10H,2-8,11-17H2,1H3,(H,19,20);1-4H2,(H,7,8)(H,9,10);3-6H2,1-2H3/b10-9-;;. The highest BCUT2D eigenvalue weighted by atomic mass is 16.4. The highest BCUT2D eigenvalue weighted by Crippen LogP contribution is 2.09. The fourth-order valence-corrected chi connectivity index (χ4v) is 3.40. The molecule has 0 aliphatic heterocycles. The lowest BCUT2D eigenvalue weighted by atomic mass is 10.1. The molecule has 214 valence electrons. The number of carboxylic acids is 3. The van der Waals surface area contributed by atoms with Crippen LogP contribution in [0.2, 0.25) is 0 Å². The number of carbonyl (C=O) groups is 3. The molecule has 36 heavy (non-hydrogen) atoms. The molecule has 0 spiro atoms. The minimum atomic E-state index is -0.870. The third-order valence-electron chi connectivity index (χ3n) is 5.64. The minimum absolute atomic E-state index is 0.0628. The predicted octanol–water partition coefficient (Wildman–Crippen LogP) is 9.41. The highest BCUT2D eigenvalue weighted by Gasteiger charge is 1.99. The summed E-state index contributed by atoms with van der Waals surface area (Å²) in [5.41, 5.74) is 0. The maximum atomic E-state index is 10.3. The van der Waals surface area contributed by atoms with Crippen LogP contribution in [0.3, 0.4) is 0 Å². The van der Waals surface area contributed by atoms with E-state index < -0.39 is 17.9 Å². The van der Waals surface area contributed by atoms with E-state index in [4.69, 9.17) is 15.3 Å². The first-order valence-electron chi connectivity index (χ1n) is 14.6. The average Bonchev–Trinajstić information content (AvgIpc) is 2.83. The average molecular weight is 515 g/mol. The second-order valence-corrected chi connectivity index (χ2v) is 9.43. The third-order valence-corrected chi connectivity index (χ3v) is 5.64. The van der Waals surface area contributed by atoms with Gasteiger partial charge in [0.25, 0.3) is 0 Å². The van der Waals surface area contributed by atoms with E-state index in [2.05, 4.69) is 32.9 Å². The monoisotopic (exact) mass is 514 g/mol. The summed E-state index contributed by atoms with van der Waals surface area (Å²) in [5, 5.41) is 24.8. The van der Waals surface area contributed by atoms with Crippen molar-refractivity contribution in [2.24, 2.45) is 0 Å². The molecule has 0 aromatic carbocycles. The lowest BCUT2D eigenvalue weighted by Gasteiger charge is -1.99.